The van der Waals surface area contributed by atoms with Gasteiger partial charge >= 0.3 is 0 Å². The second kappa shape index (κ2) is 3.54. The van der Waals surface area contributed by atoms with Gasteiger partial charge in [-0.15, -0.1) is 0 Å². The van der Waals surface area contributed by atoms with Crippen molar-refractivity contribution in [1.29, 1.82) is 0 Å². The van der Waals surface area contributed by atoms with Crippen LogP contribution < -0.4 is 0 Å². The zero-order chi connectivity index (χ0) is 10.1. The Hall–Kier alpha value is -1.57. The molecule has 15 heavy (non-hydrogen) atoms. The zero-order valence-electron chi connectivity index (χ0n) is 8.61. The maximum absolute atomic E-state index is 4.27. The highest BCUT2D eigenvalue weighted by Gasteiger charge is 2.21. The number of nitrogens with zero attached hydrogens (tertiary/aromatic N) is 1. The van der Waals surface area contributed by atoms with Gasteiger partial charge in [0.2, 0.25) is 0 Å². The van der Waals surface area contributed by atoms with E-state index in [0.29, 0.717) is 0 Å². The number of hydrogen-bond donors (Lipinski definition) is 1. The fraction of sp³-hybridized carbons (Fsp3) is 0.308. The van der Waals surface area contributed by atoms with Crippen LogP contribution in [-0.2, 0) is 6.42 Å². The predicted molar refractivity (Wildman–Crippen MR) is 60.5 cm³/mol. The summed E-state index contributed by atoms with van der Waals surface area (Å²) in [6, 6.07) is 8.69. The van der Waals surface area contributed by atoms with Gasteiger partial charge in [-0.1, -0.05) is 18.2 Å². The Kier molecular flexibility index (Phi) is 2.05. The number of nitrogens with one attached hydrogen (secondary N) is 1. The van der Waals surface area contributed by atoms with Crippen molar-refractivity contribution < 1.29 is 0 Å². The third-order valence-electron chi connectivity index (χ3n) is 2.92. The molecule has 2 aromatic rings. The van der Waals surface area contributed by atoms with Gasteiger partial charge < -0.3 is 4.98 Å². The number of H-pyrrole nitrogens is 1. The lowest BCUT2D eigenvalue weighted by Crippen LogP contribution is -1.88. The zero-order valence-corrected chi connectivity index (χ0v) is 8.61. The fourth-order valence-corrected chi connectivity index (χ4v) is 1.92. The Morgan fingerprint density at radius 1 is 1.33 bits per heavy atom. The molecule has 0 aliphatic heterocycles. The summed E-state index contributed by atoms with van der Waals surface area (Å²) < 4.78 is 0. The van der Waals surface area contributed by atoms with Crippen molar-refractivity contribution in [2.75, 3.05) is 0 Å². The van der Waals surface area contributed by atoms with Crippen LogP contribution in [0, 0.1) is 5.92 Å². The molecule has 1 heterocycles. The van der Waals surface area contributed by atoms with Crippen molar-refractivity contribution in [2.45, 2.75) is 19.3 Å². The Balaban J connectivity index is 1.88. The molecule has 1 aliphatic rings. The summed E-state index contributed by atoms with van der Waals surface area (Å²) in [5.74, 6) is 1.91. The van der Waals surface area contributed by atoms with E-state index in [9.17, 15) is 0 Å². The predicted octanol–water partition coefficient (Wildman–Crippen LogP) is 3.03. The van der Waals surface area contributed by atoms with Crippen molar-refractivity contribution in [2.24, 2.45) is 5.92 Å². The molecule has 1 aromatic heterocycles. The van der Waals surface area contributed by atoms with Crippen LogP contribution in [0.3, 0.4) is 0 Å². The van der Waals surface area contributed by atoms with Gasteiger partial charge in [-0.25, -0.2) is 4.98 Å². The molecule has 2 heteroatoms. The van der Waals surface area contributed by atoms with E-state index in [0.717, 1.165) is 11.7 Å². The van der Waals surface area contributed by atoms with Gasteiger partial charge in [0, 0.05) is 18.0 Å². The Morgan fingerprint density at radius 2 is 2.27 bits per heavy atom. The van der Waals surface area contributed by atoms with E-state index in [1.165, 1.54) is 30.4 Å². The van der Waals surface area contributed by atoms with Crippen LogP contribution in [0.5, 0.6) is 0 Å². The molecule has 0 amide bonds. The van der Waals surface area contributed by atoms with Crippen molar-refractivity contribution in [1.82, 2.24) is 9.97 Å². The first-order chi connectivity index (χ1) is 7.42. The maximum Gasteiger partial charge on any atom is 0.137 e. The molecule has 0 unspecified atom stereocenters. The molecule has 1 fully saturated rings. The minimum absolute atomic E-state index is 0.942. The summed E-state index contributed by atoms with van der Waals surface area (Å²) in [7, 11) is 0. The number of hydrogen-bond acceptors (Lipinski definition) is 1. The van der Waals surface area contributed by atoms with E-state index in [-0.39, 0.29) is 0 Å². The number of aromatic amines is 1. The van der Waals surface area contributed by atoms with Gasteiger partial charge in [-0.05, 0) is 36.8 Å². The highest BCUT2D eigenvalue weighted by molar-refractivity contribution is 5.55. The summed E-state index contributed by atoms with van der Waals surface area (Å²) in [6.07, 6.45) is 7.70. The van der Waals surface area contributed by atoms with Crippen molar-refractivity contribution >= 4 is 0 Å². The maximum atomic E-state index is 4.27. The Labute approximate surface area is 89.4 Å². The monoisotopic (exact) mass is 198 g/mol. The molecule has 1 N–H and O–H groups in total. The highest BCUT2D eigenvalue weighted by atomic mass is 14.9. The molecular formula is C13H14N2. The van der Waals surface area contributed by atoms with E-state index in [1.54, 1.807) is 6.20 Å². The molecule has 0 spiro atoms. The molecule has 0 atom stereocenters. The molecule has 0 radical (unpaired) electrons. The summed E-state index contributed by atoms with van der Waals surface area (Å²) in [4.78, 5) is 7.41. The second-order valence-electron chi connectivity index (χ2n) is 4.29. The van der Waals surface area contributed by atoms with Gasteiger partial charge in [0.15, 0.2) is 0 Å². The van der Waals surface area contributed by atoms with Crippen molar-refractivity contribution in [3.05, 3.63) is 42.2 Å². The third-order valence-corrected chi connectivity index (χ3v) is 2.92. The fourth-order valence-electron chi connectivity index (χ4n) is 1.92. The molecule has 0 bridgehead atoms. The van der Waals surface area contributed by atoms with Crippen LogP contribution in [0.4, 0.5) is 0 Å². The number of imidazole rings is 1. The number of rotatable bonds is 3. The van der Waals surface area contributed by atoms with E-state index >= 15 is 0 Å². The first-order valence-corrected chi connectivity index (χ1v) is 5.50. The first kappa shape index (κ1) is 8.72. The van der Waals surface area contributed by atoms with Gasteiger partial charge in [0.05, 0.1) is 0 Å². The lowest BCUT2D eigenvalue weighted by molar-refractivity contribution is 0.832. The van der Waals surface area contributed by atoms with Gasteiger partial charge in [0.25, 0.3) is 0 Å². The summed E-state index contributed by atoms with van der Waals surface area (Å²) in [5, 5.41) is 0. The molecule has 1 aromatic carbocycles. The van der Waals surface area contributed by atoms with Crippen molar-refractivity contribution in [3.8, 4) is 11.4 Å². The molecule has 2 nitrogen and oxygen atoms in total. The van der Waals surface area contributed by atoms with Gasteiger partial charge in [0.1, 0.15) is 5.82 Å². The second-order valence-corrected chi connectivity index (χ2v) is 4.29. The van der Waals surface area contributed by atoms with Crippen LogP contribution in [-0.4, -0.2) is 9.97 Å². The summed E-state index contributed by atoms with van der Waals surface area (Å²) in [5.41, 5.74) is 2.63. The van der Waals surface area contributed by atoms with Crippen molar-refractivity contribution in [3.63, 3.8) is 0 Å². The quantitative estimate of drug-likeness (QED) is 0.806. The Bertz CT molecular complexity index is 441. The average Bonchev–Trinajstić information content (AvgIpc) is 2.91. The first-order valence-electron chi connectivity index (χ1n) is 5.50. The molecule has 1 aliphatic carbocycles. The Morgan fingerprint density at radius 3 is 3.00 bits per heavy atom. The molecule has 3 rings (SSSR count). The molecule has 0 saturated heterocycles. The number of benzene rings is 1. The third kappa shape index (κ3) is 1.94. The molecule has 1 saturated carbocycles. The van der Waals surface area contributed by atoms with E-state index in [2.05, 4.69) is 34.2 Å². The van der Waals surface area contributed by atoms with Gasteiger partial charge in [-0.2, -0.15) is 0 Å². The van der Waals surface area contributed by atoms with Crippen LogP contribution >= 0.6 is 0 Å². The highest BCUT2D eigenvalue weighted by Crippen LogP contribution is 2.33. The van der Waals surface area contributed by atoms with Crippen LogP contribution in [0.2, 0.25) is 0 Å². The van der Waals surface area contributed by atoms with Crippen LogP contribution in [0.1, 0.15) is 18.4 Å². The molecular weight excluding hydrogens is 184 g/mol. The average molecular weight is 198 g/mol. The van der Waals surface area contributed by atoms with E-state index in [1.807, 2.05) is 6.20 Å². The standard InChI is InChI=1S/C13H14N2/c1-2-11(8-10-4-5-10)9-12(3-1)13-14-6-7-15-13/h1-3,6-7,9-10H,4-5,8H2,(H,14,15). The van der Waals surface area contributed by atoms with E-state index in [4.69, 9.17) is 0 Å². The summed E-state index contributed by atoms with van der Waals surface area (Å²) in [6.45, 7) is 0. The minimum atomic E-state index is 0.942. The largest absolute Gasteiger partial charge is 0.345 e. The smallest absolute Gasteiger partial charge is 0.137 e. The van der Waals surface area contributed by atoms with Gasteiger partial charge in [-0.3, -0.25) is 0 Å². The lowest BCUT2D eigenvalue weighted by atomic mass is 10.1. The van der Waals surface area contributed by atoms with E-state index < -0.39 is 0 Å². The SMILES string of the molecule is c1cc(CC2CC2)cc(-c2ncc[nH]2)c1. The minimum Gasteiger partial charge on any atom is -0.345 e. The van der Waals surface area contributed by atoms with Crippen LogP contribution in [0.25, 0.3) is 11.4 Å². The summed E-state index contributed by atoms with van der Waals surface area (Å²) >= 11 is 0. The topological polar surface area (TPSA) is 28.7 Å². The molecule has 76 valence electrons. The van der Waals surface area contributed by atoms with Crippen LogP contribution in [0.15, 0.2) is 36.7 Å². The normalized spacial score (nSPS) is 15.5. The number of aromatic nitrogens is 2. The lowest BCUT2D eigenvalue weighted by Gasteiger charge is -2.02.